The number of carbonyl (C=O) groups excluding carboxylic acids is 2. The molecule has 3 aromatic rings. The van der Waals surface area contributed by atoms with Gasteiger partial charge in [-0.05, 0) is 73.2 Å². The summed E-state index contributed by atoms with van der Waals surface area (Å²) in [4.78, 5) is 29.7. The molecule has 0 bridgehead atoms. The van der Waals surface area contributed by atoms with Crippen LogP contribution >= 0.6 is 27.5 Å². The van der Waals surface area contributed by atoms with Crippen molar-refractivity contribution in [3.63, 3.8) is 0 Å². The number of hydrogen-bond acceptors (Lipinski definition) is 4. The van der Waals surface area contributed by atoms with Gasteiger partial charge >= 0.3 is 0 Å². The Morgan fingerprint density at radius 2 is 1.62 bits per heavy atom. The zero-order chi connectivity index (χ0) is 24.2. The number of nitrogens with zero attached hydrogens (tertiary/aromatic N) is 2. The van der Waals surface area contributed by atoms with Crippen LogP contribution in [-0.2, 0) is 0 Å². The van der Waals surface area contributed by atoms with Crippen molar-refractivity contribution in [2.24, 2.45) is 0 Å². The first-order valence-corrected chi connectivity index (χ1v) is 12.1. The maximum atomic E-state index is 12.9. The molecule has 3 aromatic carbocycles. The summed E-state index contributed by atoms with van der Waals surface area (Å²) < 4.78 is 6.24. The second-order valence-corrected chi connectivity index (χ2v) is 9.44. The van der Waals surface area contributed by atoms with E-state index in [1.807, 2.05) is 42.2 Å². The highest BCUT2D eigenvalue weighted by Gasteiger charge is 2.22. The molecule has 8 heteroatoms. The average Bonchev–Trinajstić information content (AvgIpc) is 2.84. The van der Waals surface area contributed by atoms with Crippen LogP contribution in [-0.4, -0.2) is 50.0 Å². The first-order valence-electron chi connectivity index (χ1n) is 10.9. The van der Waals surface area contributed by atoms with Crippen LogP contribution in [0.15, 0.2) is 65.1 Å². The third kappa shape index (κ3) is 5.37. The van der Waals surface area contributed by atoms with Crippen molar-refractivity contribution >= 4 is 50.7 Å². The summed E-state index contributed by atoms with van der Waals surface area (Å²) in [5.41, 5.74) is 3.75. The Labute approximate surface area is 212 Å². The van der Waals surface area contributed by atoms with Crippen LogP contribution in [0.25, 0.3) is 0 Å². The summed E-state index contributed by atoms with van der Waals surface area (Å²) in [5, 5.41) is 3.56. The number of nitrogens with one attached hydrogen (secondary N) is 1. The molecule has 0 saturated carbocycles. The molecule has 0 aromatic heterocycles. The molecule has 2 amide bonds. The van der Waals surface area contributed by atoms with Crippen LogP contribution in [0.4, 0.5) is 11.4 Å². The number of amides is 2. The van der Waals surface area contributed by atoms with Crippen LogP contribution in [0.5, 0.6) is 5.75 Å². The molecule has 176 valence electrons. The standard InChI is InChI=1S/C26H25BrClN3O3/c1-17-15-19(27)16-23(24(17)34-2)25(32)29-21-7-9-22(10-8-21)30-11-13-31(14-12-30)26(33)18-3-5-20(28)6-4-18/h3-10,15-16H,11-14H2,1-2H3,(H,29,32). The molecule has 1 fully saturated rings. The number of carbonyl (C=O) groups is 2. The highest BCUT2D eigenvalue weighted by molar-refractivity contribution is 9.10. The normalized spacial score (nSPS) is 13.5. The quantitative estimate of drug-likeness (QED) is 0.454. The van der Waals surface area contributed by atoms with E-state index in [1.165, 1.54) is 0 Å². The maximum Gasteiger partial charge on any atom is 0.259 e. The van der Waals surface area contributed by atoms with Gasteiger partial charge in [0.1, 0.15) is 5.75 Å². The number of piperazine rings is 1. The first kappa shape index (κ1) is 24.1. The lowest BCUT2D eigenvalue weighted by Gasteiger charge is -2.36. The molecule has 0 aliphatic carbocycles. The molecule has 1 saturated heterocycles. The summed E-state index contributed by atoms with van der Waals surface area (Å²) >= 11 is 9.36. The summed E-state index contributed by atoms with van der Waals surface area (Å²) in [6, 6.07) is 18.4. The third-order valence-electron chi connectivity index (χ3n) is 5.84. The van der Waals surface area contributed by atoms with Crippen LogP contribution in [0.3, 0.4) is 0 Å². The Bertz CT molecular complexity index is 1190. The highest BCUT2D eigenvalue weighted by Crippen LogP contribution is 2.29. The molecule has 0 unspecified atom stereocenters. The van der Waals surface area contributed by atoms with Gasteiger partial charge < -0.3 is 19.9 Å². The molecule has 1 aliphatic rings. The summed E-state index contributed by atoms with van der Waals surface area (Å²) in [6.07, 6.45) is 0. The largest absolute Gasteiger partial charge is 0.496 e. The van der Waals surface area contributed by atoms with E-state index in [0.717, 1.165) is 28.8 Å². The van der Waals surface area contributed by atoms with Gasteiger partial charge in [0.2, 0.25) is 0 Å². The Balaban J connectivity index is 1.37. The minimum absolute atomic E-state index is 0.0209. The van der Waals surface area contributed by atoms with Crippen molar-refractivity contribution in [3.05, 3.63) is 86.8 Å². The van der Waals surface area contributed by atoms with Crippen molar-refractivity contribution in [1.29, 1.82) is 0 Å². The lowest BCUT2D eigenvalue weighted by Crippen LogP contribution is -2.48. The number of aryl methyl sites for hydroxylation is 1. The SMILES string of the molecule is COc1c(C)cc(Br)cc1C(=O)Nc1ccc(N2CCN(C(=O)c3ccc(Cl)cc3)CC2)cc1. The molecule has 0 radical (unpaired) electrons. The topological polar surface area (TPSA) is 61.9 Å². The molecule has 1 heterocycles. The molecule has 34 heavy (non-hydrogen) atoms. The molecule has 0 spiro atoms. The number of benzene rings is 3. The van der Waals surface area contributed by atoms with Gasteiger partial charge in [-0.2, -0.15) is 0 Å². The fraction of sp³-hybridized carbons (Fsp3) is 0.231. The molecular weight excluding hydrogens is 518 g/mol. The molecule has 6 nitrogen and oxygen atoms in total. The van der Waals surface area contributed by atoms with Gasteiger partial charge in [0.15, 0.2) is 0 Å². The van der Waals surface area contributed by atoms with Gasteiger partial charge in [0.25, 0.3) is 11.8 Å². The number of hydrogen-bond donors (Lipinski definition) is 1. The zero-order valence-corrected chi connectivity index (χ0v) is 21.3. The van der Waals surface area contributed by atoms with E-state index in [4.69, 9.17) is 16.3 Å². The van der Waals surface area contributed by atoms with Crippen molar-refractivity contribution in [2.45, 2.75) is 6.92 Å². The van der Waals surface area contributed by atoms with Crippen molar-refractivity contribution in [2.75, 3.05) is 43.5 Å². The molecule has 1 aliphatic heterocycles. The fourth-order valence-electron chi connectivity index (χ4n) is 4.07. The second-order valence-electron chi connectivity index (χ2n) is 8.09. The van der Waals surface area contributed by atoms with Gasteiger partial charge in [-0.1, -0.05) is 27.5 Å². The van der Waals surface area contributed by atoms with Gasteiger partial charge in [0.05, 0.1) is 12.7 Å². The van der Waals surface area contributed by atoms with Gasteiger partial charge in [-0.25, -0.2) is 0 Å². The molecule has 1 N–H and O–H groups in total. The smallest absolute Gasteiger partial charge is 0.259 e. The van der Waals surface area contributed by atoms with E-state index in [1.54, 1.807) is 37.4 Å². The van der Waals surface area contributed by atoms with E-state index < -0.39 is 0 Å². The minimum atomic E-state index is -0.233. The van der Waals surface area contributed by atoms with Crippen molar-refractivity contribution < 1.29 is 14.3 Å². The molecular formula is C26H25BrClN3O3. The predicted molar refractivity (Wildman–Crippen MR) is 139 cm³/mol. The van der Waals surface area contributed by atoms with Gasteiger partial charge in [0, 0.05) is 52.6 Å². The summed E-state index contributed by atoms with van der Waals surface area (Å²) in [7, 11) is 1.56. The number of methoxy groups -OCH3 is 1. The third-order valence-corrected chi connectivity index (χ3v) is 6.55. The Morgan fingerprint density at radius 3 is 2.24 bits per heavy atom. The van der Waals surface area contributed by atoms with E-state index in [0.29, 0.717) is 40.7 Å². The van der Waals surface area contributed by atoms with E-state index in [-0.39, 0.29) is 11.8 Å². The Morgan fingerprint density at radius 1 is 0.971 bits per heavy atom. The summed E-state index contributed by atoms with van der Waals surface area (Å²) in [5.74, 6) is 0.347. The fourth-order valence-corrected chi connectivity index (χ4v) is 4.76. The van der Waals surface area contributed by atoms with Crippen LogP contribution in [0.2, 0.25) is 5.02 Å². The van der Waals surface area contributed by atoms with Crippen LogP contribution < -0.4 is 15.0 Å². The van der Waals surface area contributed by atoms with E-state index in [9.17, 15) is 9.59 Å². The summed E-state index contributed by atoms with van der Waals surface area (Å²) in [6.45, 7) is 4.65. The predicted octanol–water partition coefficient (Wildman–Crippen LogP) is 5.63. The van der Waals surface area contributed by atoms with Gasteiger partial charge in [-0.3, -0.25) is 9.59 Å². The number of rotatable bonds is 5. The van der Waals surface area contributed by atoms with Gasteiger partial charge in [-0.15, -0.1) is 0 Å². The first-order chi connectivity index (χ1) is 16.4. The van der Waals surface area contributed by atoms with Crippen molar-refractivity contribution in [3.8, 4) is 5.75 Å². The molecule has 0 atom stereocenters. The zero-order valence-electron chi connectivity index (χ0n) is 19.0. The minimum Gasteiger partial charge on any atom is -0.496 e. The van der Waals surface area contributed by atoms with Crippen molar-refractivity contribution in [1.82, 2.24) is 4.90 Å². The Hall–Kier alpha value is -3.03. The number of ether oxygens (including phenoxy) is 1. The second kappa shape index (κ2) is 10.5. The maximum absolute atomic E-state index is 12.9. The lowest BCUT2D eigenvalue weighted by molar-refractivity contribution is 0.0746. The van der Waals surface area contributed by atoms with E-state index in [2.05, 4.69) is 26.1 Å². The number of anilines is 2. The highest BCUT2D eigenvalue weighted by atomic mass is 79.9. The lowest BCUT2D eigenvalue weighted by atomic mass is 10.1. The average molecular weight is 543 g/mol. The van der Waals surface area contributed by atoms with Crippen LogP contribution in [0.1, 0.15) is 26.3 Å². The molecule has 4 rings (SSSR count). The monoisotopic (exact) mass is 541 g/mol. The van der Waals surface area contributed by atoms with E-state index >= 15 is 0 Å². The van der Waals surface area contributed by atoms with Crippen LogP contribution in [0, 0.1) is 6.92 Å². The Kier molecular flexibility index (Phi) is 7.44. The number of halogens is 2.